The highest BCUT2D eigenvalue weighted by atomic mass is 19.1. The lowest BCUT2D eigenvalue weighted by Gasteiger charge is -2.15. The maximum Gasteiger partial charge on any atom is 0.224 e. The molecule has 0 bridgehead atoms. The molecular formula is C24H17FO5. The van der Waals surface area contributed by atoms with Gasteiger partial charge in [0.05, 0.1) is 0 Å². The van der Waals surface area contributed by atoms with Crippen molar-refractivity contribution in [2.24, 2.45) is 0 Å². The summed E-state index contributed by atoms with van der Waals surface area (Å²) in [6, 6.07) is 21.5. The smallest absolute Gasteiger partial charge is 0.224 e. The molecule has 0 aliphatic carbocycles. The van der Waals surface area contributed by atoms with Gasteiger partial charge in [-0.3, -0.25) is 14.4 Å². The number of benzene rings is 3. The first-order valence-electron chi connectivity index (χ1n) is 9.34. The molecule has 0 N–H and O–H groups in total. The summed E-state index contributed by atoms with van der Waals surface area (Å²) >= 11 is 0. The fourth-order valence-corrected chi connectivity index (χ4v) is 3.25. The monoisotopic (exact) mass is 404 g/mol. The van der Waals surface area contributed by atoms with E-state index in [1.165, 1.54) is 12.1 Å². The maximum absolute atomic E-state index is 13.2. The number of rotatable bonds is 6. The van der Waals surface area contributed by atoms with E-state index in [4.69, 9.17) is 9.47 Å². The molecule has 4 rings (SSSR count). The first-order chi connectivity index (χ1) is 14.5. The number of halogens is 1. The second kappa shape index (κ2) is 8.49. The van der Waals surface area contributed by atoms with Gasteiger partial charge >= 0.3 is 0 Å². The second-order valence-corrected chi connectivity index (χ2v) is 6.78. The van der Waals surface area contributed by atoms with Gasteiger partial charge in [-0.2, -0.15) is 0 Å². The van der Waals surface area contributed by atoms with Crippen LogP contribution in [0.3, 0.4) is 0 Å². The van der Waals surface area contributed by atoms with E-state index in [-0.39, 0.29) is 5.56 Å². The highest BCUT2D eigenvalue weighted by Gasteiger charge is 2.47. The van der Waals surface area contributed by atoms with Crippen LogP contribution in [0.2, 0.25) is 0 Å². The average molecular weight is 404 g/mol. The number of hydrogen-bond acceptors (Lipinski definition) is 5. The largest absolute Gasteiger partial charge is 0.331 e. The van der Waals surface area contributed by atoms with E-state index in [2.05, 4.69) is 0 Å². The summed E-state index contributed by atoms with van der Waals surface area (Å²) in [6.45, 7) is 0. The van der Waals surface area contributed by atoms with Crippen LogP contribution >= 0.6 is 0 Å². The Hall–Kier alpha value is -3.48. The van der Waals surface area contributed by atoms with E-state index in [0.29, 0.717) is 11.1 Å². The highest BCUT2D eigenvalue weighted by molar-refractivity contribution is 6.09. The topological polar surface area (TPSA) is 69.7 Å². The third-order valence-electron chi connectivity index (χ3n) is 4.79. The lowest BCUT2D eigenvalue weighted by atomic mass is 9.96. The molecule has 0 amide bonds. The predicted molar refractivity (Wildman–Crippen MR) is 106 cm³/mol. The Balaban J connectivity index is 1.65. The van der Waals surface area contributed by atoms with Crippen LogP contribution in [-0.4, -0.2) is 35.8 Å². The summed E-state index contributed by atoms with van der Waals surface area (Å²) < 4.78 is 24.5. The molecule has 3 aromatic carbocycles. The molecule has 0 radical (unpaired) electrons. The fourth-order valence-electron chi connectivity index (χ4n) is 3.25. The molecule has 0 saturated carbocycles. The number of Topliss-reactive ketones (excluding diaryl/α,β-unsaturated/α-hetero) is 3. The maximum atomic E-state index is 13.2. The van der Waals surface area contributed by atoms with Crippen LogP contribution in [0.4, 0.5) is 4.39 Å². The van der Waals surface area contributed by atoms with Crippen molar-refractivity contribution in [3.8, 4) is 0 Å². The summed E-state index contributed by atoms with van der Waals surface area (Å²) in [6.07, 6.45) is -4.04. The fraction of sp³-hybridized carbons (Fsp3) is 0.125. The van der Waals surface area contributed by atoms with E-state index in [9.17, 15) is 18.8 Å². The molecule has 0 spiro atoms. The van der Waals surface area contributed by atoms with Gasteiger partial charge in [-0.05, 0) is 24.3 Å². The van der Waals surface area contributed by atoms with Crippen LogP contribution in [-0.2, 0) is 9.47 Å². The first-order valence-corrected chi connectivity index (χ1v) is 9.34. The highest BCUT2D eigenvalue weighted by Crippen LogP contribution is 2.28. The molecule has 6 heteroatoms. The zero-order valence-corrected chi connectivity index (χ0v) is 15.7. The molecule has 1 fully saturated rings. The zero-order chi connectivity index (χ0) is 21.1. The Bertz CT molecular complexity index is 1060. The number of carbonyl (C=O) groups is 3. The molecule has 3 aromatic rings. The summed E-state index contributed by atoms with van der Waals surface area (Å²) in [4.78, 5) is 38.8. The van der Waals surface area contributed by atoms with Crippen LogP contribution < -0.4 is 0 Å². The number of hydrogen-bond donors (Lipinski definition) is 0. The third-order valence-corrected chi connectivity index (χ3v) is 4.79. The molecule has 30 heavy (non-hydrogen) atoms. The van der Waals surface area contributed by atoms with Crippen molar-refractivity contribution in [2.75, 3.05) is 0 Å². The van der Waals surface area contributed by atoms with Gasteiger partial charge in [0, 0.05) is 16.7 Å². The third kappa shape index (κ3) is 3.96. The average Bonchev–Trinajstić information content (AvgIpc) is 3.24. The minimum absolute atomic E-state index is 0.156. The van der Waals surface area contributed by atoms with Gasteiger partial charge < -0.3 is 9.47 Å². The van der Waals surface area contributed by atoms with Crippen LogP contribution in [0, 0.1) is 5.82 Å². The first kappa shape index (κ1) is 19.8. The molecule has 1 heterocycles. The molecule has 0 aromatic heterocycles. The Kier molecular flexibility index (Phi) is 5.61. The lowest BCUT2D eigenvalue weighted by Crippen LogP contribution is -2.37. The van der Waals surface area contributed by atoms with Gasteiger partial charge in [0.25, 0.3) is 0 Å². The van der Waals surface area contributed by atoms with Crippen molar-refractivity contribution in [2.45, 2.75) is 18.5 Å². The van der Waals surface area contributed by atoms with Gasteiger partial charge in [-0.25, -0.2) is 4.39 Å². The van der Waals surface area contributed by atoms with Gasteiger partial charge in [0.1, 0.15) is 5.82 Å². The van der Waals surface area contributed by atoms with Crippen molar-refractivity contribution in [3.63, 3.8) is 0 Å². The van der Waals surface area contributed by atoms with Crippen molar-refractivity contribution in [3.05, 3.63) is 107 Å². The van der Waals surface area contributed by atoms with Crippen LogP contribution in [0.1, 0.15) is 31.1 Å². The van der Waals surface area contributed by atoms with E-state index >= 15 is 0 Å². The van der Waals surface area contributed by atoms with Gasteiger partial charge in [-0.15, -0.1) is 0 Å². The summed E-state index contributed by atoms with van der Waals surface area (Å²) in [5, 5.41) is 0. The van der Waals surface area contributed by atoms with E-state index in [0.717, 1.165) is 12.1 Å². The minimum atomic E-state index is -1.40. The van der Waals surface area contributed by atoms with Crippen molar-refractivity contribution >= 4 is 17.3 Å². The van der Waals surface area contributed by atoms with Gasteiger partial charge in [0.15, 0.2) is 23.8 Å². The minimum Gasteiger partial charge on any atom is -0.331 e. The van der Waals surface area contributed by atoms with Crippen molar-refractivity contribution in [1.29, 1.82) is 0 Å². The van der Waals surface area contributed by atoms with Gasteiger partial charge in [0.2, 0.25) is 12.1 Å². The summed E-state index contributed by atoms with van der Waals surface area (Å²) in [7, 11) is 0. The molecule has 0 unspecified atom stereocenters. The second-order valence-electron chi connectivity index (χ2n) is 6.78. The Morgan fingerprint density at radius 2 is 0.967 bits per heavy atom. The standard InChI is InChI=1S/C24H17FO5/c25-18-13-11-17(12-14-18)20(27)23-22(19(26)15-7-3-1-4-8-15)29-24(30-23)21(28)16-9-5-2-6-10-16/h1-14,22-24H/t22-,23-,24-/m0/s1. The van der Waals surface area contributed by atoms with Crippen LogP contribution in [0.5, 0.6) is 0 Å². The number of carbonyl (C=O) groups excluding carboxylic acids is 3. The molecule has 1 aliphatic heterocycles. The van der Waals surface area contributed by atoms with Crippen LogP contribution in [0.15, 0.2) is 84.9 Å². The Morgan fingerprint density at radius 1 is 0.567 bits per heavy atom. The van der Waals surface area contributed by atoms with Crippen LogP contribution in [0.25, 0.3) is 0 Å². The van der Waals surface area contributed by atoms with Crippen molar-refractivity contribution < 1.29 is 28.2 Å². The molecule has 5 nitrogen and oxygen atoms in total. The lowest BCUT2D eigenvalue weighted by molar-refractivity contribution is -0.0372. The molecule has 150 valence electrons. The van der Waals surface area contributed by atoms with Crippen molar-refractivity contribution in [1.82, 2.24) is 0 Å². The molecule has 1 aliphatic rings. The molecular weight excluding hydrogens is 387 g/mol. The summed E-state index contributed by atoms with van der Waals surface area (Å²) in [5.41, 5.74) is 0.822. The SMILES string of the molecule is O=C(c1ccccc1)[C@H]1O[C@@H](C(=O)c2ccccc2)[C@H](C(=O)c2ccc(F)cc2)O1. The summed E-state index contributed by atoms with van der Waals surface area (Å²) in [5.74, 6) is -2.02. The van der Waals surface area contributed by atoms with E-state index in [1.54, 1.807) is 60.7 Å². The molecule has 1 saturated heterocycles. The predicted octanol–water partition coefficient (Wildman–Crippen LogP) is 3.88. The Labute approximate surface area is 172 Å². The Morgan fingerprint density at radius 3 is 1.43 bits per heavy atom. The normalized spacial score (nSPS) is 20.6. The van der Waals surface area contributed by atoms with E-state index in [1.807, 2.05) is 0 Å². The van der Waals surface area contributed by atoms with E-state index < -0.39 is 41.7 Å². The quantitative estimate of drug-likeness (QED) is 0.583. The number of ketones is 3. The van der Waals surface area contributed by atoms with Gasteiger partial charge in [-0.1, -0.05) is 60.7 Å². The zero-order valence-electron chi connectivity index (χ0n) is 15.7. The number of ether oxygens (including phenoxy) is 2. The molecule has 3 atom stereocenters.